The standard InChI is InChI=1S/C14H16N2OS/c1-11-15-12(10-18-11)7-16-8-14(9-16)17-13-5-3-2-4-6-13/h2-6,10,14H,7-9H2,1H3. The highest BCUT2D eigenvalue weighted by atomic mass is 32.1. The Hall–Kier alpha value is -1.39. The molecule has 2 heterocycles. The van der Waals surface area contributed by atoms with Crippen LogP contribution in [0.25, 0.3) is 0 Å². The number of hydrogen-bond donors (Lipinski definition) is 0. The number of nitrogens with zero attached hydrogens (tertiary/aromatic N) is 2. The molecule has 1 aromatic carbocycles. The van der Waals surface area contributed by atoms with E-state index in [-0.39, 0.29) is 0 Å². The van der Waals surface area contributed by atoms with Crippen molar-refractivity contribution in [1.29, 1.82) is 0 Å². The first-order valence-electron chi connectivity index (χ1n) is 6.14. The molecule has 3 nitrogen and oxygen atoms in total. The molecule has 94 valence electrons. The number of ether oxygens (including phenoxy) is 1. The first-order valence-corrected chi connectivity index (χ1v) is 7.02. The van der Waals surface area contributed by atoms with Gasteiger partial charge in [-0.3, -0.25) is 4.90 Å². The first kappa shape index (κ1) is 11.7. The zero-order valence-corrected chi connectivity index (χ0v) is 11.2. The molecule has 2 aromatic rings. The summed E-state index contributed by atoms with van der Waals surface area (Å²) in [7, 11) is 0. The van der Waals surface area contributed by atoms with Crippen LogP contribution in [0, 0.1) is 6.92 Å². The summed E-state index contributed by atoms with van der Waals surface area (Å²) >= 11 is 1.72. The minimum absolute atomic E-state index is 0.326. The quantitative estimate of drug-likeness (QED) is 0.845. The van der Waals surface area contributed by atoms with Gasteiger partial charge in [0, 0.05) is 25.0 Å². The second-order valence-corrected chi connectivity index (χ2v) is 5.67. The lowest BCUT2D eigenvalue weighted by Crippen LogP contribution is -2.53. The Kier molecular flexibility index (Phi) is 3.30. The Labute approximate surface area is 111 Å². The van der Waals surface area contributed by atoms with Gasteiger partial charge in [-0.1, -0.05) is 18.2 Å². The first-order chi connectivity index (χ1) is 8.79. The molecule has 1 aliphatic heterocycles. The molecule has 0 spiro atoms. The normalized spacial score (nSPS) is 16.5. The van der Waals surface area contributed by atoms with E-state index in [1.54, 1.807) is 11.3 Å². The average molecular weight is 260 g/mol. The summed E-state index contributed by atoms with van der Waals surface area (Å²) in [5, 5.41) is 3.28. The van der Waals surface area contributed by atoms with Gasteiger partial charge in [-0.2, -0.15) is 0 Å². The number of likely N-dealkylation sites (tertiary alicyclic amines) is 1. The Morgan fingerprint density at radius 1 is 1.33 bits per heavy atom. The van der Waals surface area contributed by atoms with Crippen LogP contribution in [-0.2, 0) is 6.54 Å². The topological polar surface area (TPSA) is 25.4 Å². The van der Waals surface area contributed by atoms with Crippen molar-refractivity contribution in [2.24, 2.45) is 0 Å². The van der Waals surface area contributed by atoms with Crippen molar-refractivity contribution in [3.05, 3.63) is 46.4 Å². The van der Waals surface area contributed by atoms with Crippen molar-refractivity contribution in [2.75, 3.05) is 13.1 Å². The molecular weight excluding hydrogens is 244 g/mol. The lowest BCUT2D eigenvalue weighted by molar-refractivity contribution is 0.0139. The Morgan fingerprint density at radius 2 is 2.11 bits per heavy atom. The number of para-hydroxylation sites is 1. The number of hydrogen-bond acceptors (Lipinski definition) is 4. The third kappa shape index (κ3) is 2.71. The van der Waals surface area contributed by atoms with Crippen molar-refractivity contribution in [3.63, 3.8) is 0 Å². The molecule has 0 radical (unpaired) electrons. The van der Waals surface area contributed by atoms with Crippen molar-refractivity contribution in [3.8, 4) is 5.75 Å². The molecule has 4 heteroatoms. The smallest absolute Gasteiger partial charge is 0.124 e. The van der Waals surface area contributed by atoms with Crippen LogP contribution in [0.5, 0.6) is 5.75 Å². The molecule has 0 N–H and O–H groups in total. The fraction of sp³-hybridized carbons (Fsp3) is 0.357. The molecule has 0 saturated carbocycles. The average Bonchev–Trinajstić information content (AvgIpc) is 2.73. The van der Waals surface area contributed by atoms with E-state index in [1.807, 2.05) is 37.3 Å². The lowest BCUT2D eigenvalue weighted by Gasteiger charge is -2.38. The Morgan fingerprint density at radius 3 is 2.78 bits per heavy atom. The maximum Gasteiger partial charge on any atom is 0.124 e. The Balaban J connectivity index is 1.46. The maximum absolute atomic E-state index is 5.86. The summed E-state index contributed by atoms with van der Waals surface area (Å²) in [5.74, 6) is 0.964. The predicted molar refractivity (Wildman–Crippen MR) is 73.0 cm³/mol. The number of aromatic nitrogens is 1. The van der Waals surface area contributed by atoms with Gasteiger partial charge >= 0.3 is 0 Å². The summed E-state index contributed by atoms with van der Waals surface area (Å²) in [6.45, 7) is 4.97. The van der Waals surface area contributed by atoms with Crippen molar-refractivity contribution >= 4 is 11.3 Å². The van der Waals surface area contributed by atoms with Crippen LogP contribution < -0.4 is 4.74 Å². The molecule has 0 aliphatic carbocycles. The second kappa shape index (κ2) is 5.08. The van der Waals surface area contributed by atoms with Gasteiger partial charge in [0.25, 0.3) is 0 Å². The molecule has 0 atom stereocenters. The van der Waals surface area contributed by atoms with Crippen LogP contribution >= 0.6 is 11.3 Å². The molecule has 1 fully saturated rings. The molecule has 1 saturated heterocycles. The van der Waals surface area contributed by atoms with Gasteiger partial charge in [-0.05, 0) is 19.1 Å². The van der Waals surface area contributed by atoms with Gasteiger partial charge in [0.2, 0.25) is 0 Å². The molecule has 1 aliphatic rings. The molecular formula is C14H16N2OS. The van der Waals surface area contributed by atoms with E-state index in [4.69, 9.17) is 4.74 Å². The SMILES string of the molecule is Cc1nc(CN2CC(Oc3ccccc3)C2)cs1. The third-order valence-electron chi connectivity index (χ3n) is 3.02. The fourth-order valence-electron chi connectivity index (χ4n) is 2.13. The van der Waals surface area contributed by atoms with Crippen LogP contribution in [-0.4, -0.2) is 29.1 Å². The van der Waals surface area contributed by atoms with E-state index in [0.29, 0.717) is 6.10 Å². The van der Waals surface area contributed by atoms with Crippen LogP contribution in [0.2, 0.25) is 0 Å². The van der Waals surface area contributed by atoms with Crippen molar-refractivity contribution < 1.29 is 4.74 Å². The number of thiazole rings is 1. The van der Waals surface area contributed by atoms with Gasteiger partial charge in [-0.15, -0.1) is 11.3 Å². The third-order valence-corrected chi connectivity index (χ3v) is 3.84. The van der Waals surface area contributed by atoms with Crippen LogP contribution in [0.3, 0.4) is 0 Å². The lowest BCUT2D eigenvalue weighted by atomic mass is 10.1. The van der Waals surface area contributed by atoms with Crippen LogP contribution in [0.1, 0.15) is 10.7 Å². The van der Waals surface area contributed by atoms with Crippen molar-refractivity contribution in [2.45, 2.75) is 19.6 Å². The maximum atomic E-state index is 5.86. The molecule has 0 unspecified atom stereocenters. The van der Waals surface area contributed by atoms with Gasteiger partial charge in [0.05, 0.1) is 10.7 Å². The van der Waals surface area contributed by atoms with Crippen LogP contribution in [0.4, 0.5) is 0 Å². The monoisotopic (exact) mass is 260 g/mol. The summed E-state index contributed by atoms with van der Waals surface area (Å²) < 4.78 is 5.86. The van der Waals surface area contributed by atoms with E-state index >= 15 is 0 Å². The second-order valence-electron chi connectivity index (χ2n) is 4.60. The number of rotatable bonds is 4. The summed E-state index contributed by atoms with van der Waals surface area (Å²) in [5.41, 5.74) is 1.18. The summed E-state index contributed by atoms with van der Waals surface area (Å²) in [4.78, 5) is 6.84. The molecule has 18 heavy (non-hydrogen) atoms. The summed E-state index contributed by atoms with van der Waals surface area (Å²) in [6, 6.07) is 10.0. The molecule has 0 amide bonds. The van der Waals surface area contributed by atoms with Crippen molar-refractivity contribution in [1.82, 2.24) is 9.88 Å². The number of benzene rings is 1. The molecule has 1 aromatic heterocycles. The minimum atomic E-state index is 0.326. The van der Waals surface area contributed by atoms with Gasteiger partial charge in [0.1, 0.15) is 11.9 Å². The van der Waals surface area contributed by atoms with E-state index < -0.39 is 0 Å². The van der Waals surface area contributed by atoms with E-state index in [1.165, 1.54) is 5.69 Å². The summed E-state index contributed by atoms with van der Waals surface area (Å²) in [6.07, 6.45) is 0.326. The zero-order valence-electron chi connectivity index (χ0n) is 10.4. The molecule has 0 bridgehead atoms. The van der Waals surface area contributed by atoms with E-state index in [2.05, 4.69) is 15.3 Å². The Bertz CT molecular complexity index is 506. The van der Waals surface area contributed by atoms with Gasteiger partial charge < -0.3 is 4.74 Å². The van der Waals surface area contributed by atoms with Gasteiger partial charge in [0.15, 0.2) is 0 Å². The van der Waals surface area contributed by atoms with Crippen LogP contribution in [0.15, 0.2) is 35.7 Å². The predicted octanol–water partition coefficient (Wildman–Crippen LogP) is 2.71. The zero-order chi connectivity index (χ0) is 12.4. The fourth-order valence-corrected chi connectivity index (χ4v) is 2.73. The highest BCUT2D eigenvalue weighted by Crippen LogP contribution is 2.20. The van der Waals surface area contributed by atoms with E-state index in [9.17, 15) is 0 Å². The largest absolute Gasteiger partial charge is 0.488 e. The van der Waals surface area contributed by atoms with E-state index in [0.717, 1.165) is 30.4 Å². The highest BCUT2D eigenvalue weighted by molar-refractivity contribution is 7.09. The minimum Gasteiger partial charge on any atom is -0.488 e. The molecule has 3 rings (SSSR count). The number of aryl methyl sites for hydroxylation is 1. The highest BCUT2D eigenvalue weighted by Gasteiger charge is 2.28. The van der Waals surface area contributed by atoms with Gasteiger partial charge in [-0.25, -0.2) is 4.98 Å².